The van der Waals surface area contributed by atoms with Gasteiger partial charge in [0.05, 0.1) is 10.7 Å². The Morgan fingerprint density at radius 2 is 1.83 bits per heavy atom. The highest BCUT2D eigenvalue weighted by Crippen LogP contribution is 2.19. The normalized spacial score (nSPS) is 12.7. The van der Waals surface area contributed by atoms with Crippen LogP contribution in [0.25, 0.3) is 0 Å². The molecule has 1 aromatic carbocycles. The summed E-state index contributed by atoms with van der Waals surface area (Å²) < 4.78 is 0. The van der Waals surface area contributed by atoms with Crippen LogP contribution in [0.15, 0.2) is 24.3 Å². The van der Waals surface area contributed by atoms with Crippen LogP contribution in [-0.2, 0) is 6.54 Å². The minimum Gasteiger partial charge on any atom is -0.305 e. The van der Waals surface area contributed by atoms with Crippen LogP contribution in [0.5, 0.6) is 0 Å². The van der Waals surface area contributed by atoms with Crippen molar-refractivity contribution in [3.05, 3.63) is 51.0 Å². The van der Waals surface area contributed by atoms with Gasteiger partial charge in [-0.15, -0.1) is 11.3 Å². The van der Waals surface area contributed by atoms with Gasteiger partial charge in [0.15, 0.2) is 0 Å². The largest absolute Gasteiger partial charge is 0.305 e. The zero-order valence-electron chi connectivity index (χ0n) is 11.4. The van der Waals surface area contributed by atoms with Crippen LogP contribution in [0.3, 0.4) is 0 Å². The molecule has 0 saturated carbocycles. The number of aromatic nitrogens is 1. The van der Waals surface area contributed by atoms with Crippen LogP contribution in [0, 0.1) is 20.8 Å². The Hall–Kier alpha value is -1.19. The van der Waals surface area contributed by atoms with E-state index in [9.17, 15) is 0 Å². The molecule has 2 aromatic rings. The number of hydrogen-bond donors (Lipinski definition) is 1. The van der Waals surface area contributed by atoms with Gasteiger partial charge in [0.1, 0.15) is 0 Å². The first kappa shape index (κ1) is 13.2. The molecular weight excluding hydrogens is 240 g/mol. The van der Waals surface area contributed by atoms with Crippen LogP contribution in [-0.4, -0.2) is 4.98 Å². The summed E-state index contributed by atoms with van der Waals surface area (Å²) in [5.74, 6) is 0. The molecule has 1 heterocycles. The Kier molecular flexibility index (Phi) is 4.15. The number of nitrogens with zero attached hydrogens (tertiary/aromatic N) is 1. The summed E-state index contributed by atoms with van der Waals surface area (Å²) in [5, 5.41) is 4.70. The highest BCUT2D eigenvalue weighted by atomic mass is 32.1. The van der Waals surface area contributed by atoms with Crippen molar-refractivity contribution in [2.24, 2.45) is 0 Å². The summed E-state index contributed by atoms with van der Waals surface area (Å²) in [6, 6.07) is 9.08. The smallest absolute Gasteiger partial charge is 0.0900 e. The molecule has 0 aliphatic carbocycles. The van der Waals surface area contributed by atoms with Crippen molar-refractivity contribution in [2.75, 3.05) is 0 Å². The molecule has 1 atom stereocenters. The van der Waals surface area contributed by atoms with Gasteiger partial charge in [-0.3, -0.25) is 0 Å². The van der Waals surface area contributed by atoms with Gasteiger partial charge >= 0.3 is 0 Å². The molecule has 0 radical (unpaired) electrons. The molecule has 0 fully saturated rings. The van der Waals surface area contributed by atoms with Crippen LogP contribution in [0.2, 0.25) is 0 Å². The highest BCUT2D eigenvalue weighted by molar-refractivity contribution is 7.11. The number of thiazole rings is 1. The van der Waals surface area contributed by atoms with E-state index in [4.69, 9.17) is 0 Å². The quantitative estimate of drug-likeness (QED) is 0.901. The lowest BCUT2D eigenvalue weighted by Gasteiger charge is -2.14. The maximum Gasteiger partial charge on any atom is 0.0900 e. The van der Waals surface area contributed by atoms with E-state index in [2.05, 4.69) is 62.3 Å². The van der Waals surface area contributed by atoms with E-state index < -0.39 is 0 Å². The summed E-state index contributed by atoms with van der Waals surface area (Å²) in [5.41, 5.74) is 3.79. The van der Waals surface area contributed by atoms with Crippen molar-refractivity contribution in [1.29, 1.82) is 0 Å². The number of benzene rings is 1. The van der Waals surface area contributed by atoms with Gasteiger partial charge in [0.25, 0.3) is 0 Å². The Labute approximate surface area is 113 Å². The molecule has 0 saturated heterocycles. The summed E-state index contributed by atoms with van der Waals surface area (Å²) in [4.78, 5) is 5.79. The second-order valence-electron chi connectivity index (χ2n) is 4.75. The molecule has 3 heteroatoms. The van der Waals surface area contributed by atoms with Crippen LogP contribution >= 0.6 is 11.3 Å². The third-order valence-corrected chi connectivity index (χ3v) is 4.22. The van der Waals surface area contributed by atoms with E-state index in [0.717, 1.165) is 17.2 Å². The first-order valence-corrected chi connectivity index (χ1v) is 7.11. The molecule has 1 N–H and O–H groups in total. The summed E-state index contributed by atoms with van der Waals surface area (Å²) in [7, 11) is 0. The first-order chi connectivity index (χ1) is 8.56. The van der Waals surface area contributed by atoms with Crippen LogP contribution < -0.4 is 5.32 Å². The second kappa shape index (κ2) is 5.63. The van der Waals surface area contributed by atoms with Gasteiger partial charge < -0.3 is 5.32 Å². The molecule has 96 valence electrons. The number of rotatable bonds is 4. The molecule has 0 bridgehead atoms. The Bertz CT molecular complexity index is 514. The van der Waals surface area contributed by atoms with E-state index >= 15 is 0 Å². The van der Waals surface area contributed by atoms with Crippen molar-refractivity contribution in [1.82, 2.24) is 10.3 Å². The fourth-order valence-electron chi connectivity index (χ4n) is 1.96. The number of nitrogens with one attached hydrogen (secondary N) is 1. The lowest BCUT2D eigenvalue weighted by molar-refractivity contribution is 0.577. The molecule has 0 unspecified atom stereocenters. The van der Waals surface area contributed by atoms with Gasteiger partial charge in [0, 0.05) is 17.5 Å². The number of aryl methyl sites for hydroxylation is 3. The molecule has 18 heavy (non-hydrogen) atoms. The fourth-order valence-corrected chi connectivity index (χ4v) is 2.84. The molecule has 0 aliphatic rings. The third kappa shape index (κ3) is 3.18. The average Bonchev–Trinajstić information content (AvgIpc) is 2.66. The van der Waals surface area contributed by atoms with Crippen molar-refractivity contribution >= 4 is 11.3 Å². The Balaban J connectivity index is 1.98. The zero-order chi connectivity index (χ0) is 13.1. The zero-order valence-corrected chi connectivity index (χ0v) is 12.3. The molecule has 0 spiro atoms. The first-order valence-electron chi connectivity index (χ1n) is 6.29. The predicted octanol–water partition coefficient (Wildman–Crippen LogP) is 3.92. The van der Waals surface area contributed by atoms with Crippen molar-refractivity contribution in [3.8, 4) is 0 Å². The highest BCUT2D eigenvalue weighted by Gasteiger charge is 2.08. The lowest BCUT2D eigenvalue weighted by Crippen LogP contribution is -2.17. The van der Waals surface area contributed by atoms with Gasteiger partial charge in [-0.2, -0.15) is 0 Å². The van der Waals surface area contributed by atoms with Gasteiger partial charge in [-0.05, 0) is 33.3 Å². The number of hydrogen-bond acceptors (Lipinski definition) is 3. The Morgan fingerprint density at radius 1 is 1.17 bits per heavy atom. The van der Waals surface area contributed by atoms with Crippen molar-refractivity contribution < 1.29 is 0 Å². The molecule has 0 aliphatic heterocycles. The van der Waals surface area contributed by atoms with Gasteiger partial charge in [0.2, 0.25) is 0 Å². The fraction of sp³-hybridized carbons (Fsp3) is 0.400. The molecular formula is C15H20N2S. The van der Waals surface area contributed by atoms with E-state index in [1.807, 2.05) is 0 Å². The maximum atomic E-state index is 4.45. The van der Waals surface area contributed by atoms with Crippen molar-refractivity contribution in [3.63, 3.8) is 0 Å². The molecule has 0 amide bonds. The predicted molar refractivity (Wildman–Crippen MR) is 78.0 cm³/mol. The standard InChI is InChI=1S/C15H20N2S/c1-10-5-7-14(8-6-10)11(2)16-9-15-12(3)17-13(4)18-15/h5-8,11,16H,9H2,1-4H3/t11-/m0/s1. The topological polar surface area (TPSA) is 24.9 Å². The molecule has 2 rings (SSSR count). The average molecular weight is 260 g/mol. The summed E-state index contributed by atoms with van der Waals surface area (Å²) in [6.07, 6.45) is 0. The minimum absolute atomic E-state index is 0.368. The summed E-state index contributed by atoms with van der Waals surface area (Å²) in [6.45, 7) is 9.35. The minimum atomic E-state index is 0.368. The van der Waals surface area contributed by atoms with Gasteiger partial charge in [-0.1, -0.05) is 29.8 Å². The SMILES string of the molecule is Cc1ccc([C@H](C)NCc2sc(C)nc2C)cc1. The second-order valence-corrected chi connectivity index (χ2v) is 6.04. The van der Waals surface area contributed by atoms with Gasteiger partial charge in [-0.25, -0.2) is 4.98 Å². The van der Waals surface area contributed by atoms with E-state index in [-0.39, 0.29) is 0 Å². The Morgan fingerprint density at radius 3 is 2.39 bits per heavy atom. The van der Waals surface area contributed by atoms with E-state index in [1.54, 1.807) is 11.3 Å². The lowest BCUT2D eigenvalue weighted by atomic mass is 10.1. The van der Waals surface area contributed by atoms with Crippen molar-refractivity contribution in [2.45, 2.75) is 40.3 Å². The molecule has 1 aromatic heterocycles. The van der Waals surface area contributed by atoms with Crippen LogP contribution in [0.4, 0.5) is 0 Å². The monoisotopic (exact) mass is 260 g/mol. The van der Waals surface area contributed by atoms with E-state index in [1.165, 1.54) is 16.0 Å². The van der Waals surface area contributed by atoms with E-state index in [0.29, 0.717) is 6.04 Å². The maximum absolute atomic E-state index is 4.45. The molecule has 2 nitrogen and oxygen atoms in total. The third-order valence-electron chi connectivity index (χ3n) is 3.15. The van der Waals surface area contributed by atoms with Crippen LogP contribution in [0.1, 0.15) is 39.7 Å². The summed E-state index contributed by atoms with van der Waals surface area (Å²) >= 11 is 1.78.